The molecule has 1 aliphatic rings. The van der Waals surface area contributed by atoms with E-state index in [0.29, 0.717) is 13.2 Å². The van der Waals surface area contributed by atoms with Crippen molar-refractivity contribution in [3.05, 3.63) is 78.1 Å². The first-order valence-corrected chi connectivity index (χ1v) is 11.0. The van der Waals surface area contributed by atoms with Crippen LogP contribution in [0.25, 0.3) is 0 Å². The Bertz CT molecular complexity index is 967. The molecule has 2 aromatic carbocycles. The van der Waals surface area contributed by atoms with Gasteiger partial charge in [0.05, 0.1) is 12.6 Å². The van der Waals surface area contributed by atoms with Gasteiger partial charge >= 0.3 is 6.03 Å². The number of rotatable bonds is 5. The number of fused-ring (bicyclic) bond motifs is 1. The Labute approximate surface area is 175 Å². The minimum atomic E-state index is -0.139. The number of nitrogens with zero attached hydrogens (tertiary/aromatic N) is 2. The molecule has 0 spiro atoms. The van der Waals surface area contributed by atoms with Crippen LogP contribution in [-0.2, 0) is 6.54 Å². The molecule has 4 rings (SSSR count). The van der Waals surface area contributed by atoms with E-state index in [2.05, 4.69) is 22.1 Å². The van der Waals surface area contributed by atoms with Crippen molar-refractivity contribution in [3.63, 3.8) is 0 Å². The van der Waals surface area contributed by atoms with Crippen molar-refractivity contribution >= 4 is 23.5 Å². The van der Waals surface area contributed by atoms with E-state index in [0.717, 1.165) is 29.2 Å². The van der Waals surface area contributed by atoms with Crippen LogP contribution in [0.1, 0.15) is 24.2 Å². The van der Waals surface area contributed by atoms with Crippen molar-refractivity contribution in [1.82, 2.24) is 9.47 Å². The number of hydrogen-bond donors (Lipinski definition) is 1. The number of anilines is 1. The monoisotopic (exact) mass is 407 g/mol. The molecule has 1 aliphatic heterocycles. The topological polar surface area (TPSA) is 46.5 Å². The number of urea groups is 1. The van der Waals surface area contributed by atoms with Gasteiger partial charge in [-0.25, -0.2) is 4.79 Å². The van der Waals surface area contributed by atoms with Crippen molar-refractivity contribution in [2.75, 3.05) is 24.7 Å². The smallest absolute Gasteiger partial charge is 0.322 e. The molecule has 29 heavy (non-hydrogen) atoms. The number of aromatic nitrogens is 1. The zero-order valence-electron chi connectivity index (χ0n) is 16.7. The van der Waals surface area contributed by atoms with Crippen molar-refractivity contribution in [1.29, 1.82) is 0 Å². The second-order valence-corrected chi connectivity index (χ2v) is 7.76. The quantitative estimate of drug-likeness (QED) is 0.588. The zero-order chi connectivity index (χ0) is 20.2. The van der Waals surface area contributed by atoms with Gasteiger partial charge in [0.15, 0.2) is 0 Å². The lowest BCUT2D eigenvalue weighted by atomic mass is 10.00. The molecule has 0 aliphatic carbocycles. The van der Waals surface area contributed by atoms with Gasteiger partial charge in [-0.15, -0.1) is 11.8 Å². The van der Waals surface area contributed by atoms with Crippen LogP contribution in [0.3, 0.4) is 0 Å². The number of nitrogens with one attached hydrogen (secondary N) is 1. The Morgan fingerprint density at radius 2 is 1.86 bits per heavy atom. The number of carbonyl (C=O) groups is 1. The van der Waals surface area contributed by atoms with Gasteiger partial charge in [0.25, 0.3) is 0 Å². The first kappa shape index (κ1) is 19.5. The Hall–Kier alpha value is -2.86. The van der Waals surface area contributed by atoms with Crippen LogP contribution in [-0.4, -0.2) is 34.9 Å². The van der Waals surface area contributed by atoms with Crippen molar-refractivity contribution in [2.45, 2.75) is 24.4 Å². The molecule has 1 atom stereocenters. The molecule has 1 N–H and O–H groups in total. The highest BCUT2D eigenvalue weighted by Gasteiger charge is 2.32. The van der Waals surface area contributed by atoms with Crippen LogP contribution in [0.15, 0.2) is 71.8 Å². The highest BCUT2D eigenvalue weighted by molar-refractivity contribution is 7.98. The summed E-state index contributed by atoms with van der Waals surface area (Å²) >= 11 is 1.68. The molecular weight excluding hydrogens is 382 g/mol. The summed E-state index contributed by atoms with van der Waals surface area (Å²) in [6.07, 6.45) is 4.12. The van der Waals surface area contributed by atoms with Gasteiger partial charge in [-0.05, 0) is 67.3 Å². The highest BCUT2D eigenvalue weighted by Crippen LogP contribution is 2.33. The molecule has 2 amide bonds. The lowest BCUT2D eigenvalue weighted by Gasteiger charge is -2.37. The Morgan fingerprint density at radius 1 is 1.10 bits per heavy atom. The molecule has 0 saturated heterocycles. The van der Waals surface area contributed by atoms with Crippen molar-refractivity contribution in [2.24, 2.45) is 0 Å². The third-order valence-corrected chi connectivity index (χ3v) is 5.89. The zero-order valence-corrected chi connectivity index (χ0v) is 17.5. The first-order valence-electron chi connectivity index (χ1n) is 9.79. The van der Waals surface area contributed by atoms with Crippen LogP contribution in [0.4, 0.5) is 10.5 Å². The number of ether oxygens (including phenoxy) is 1. The van der Waals surface area contributed by atoms with Gasteiger partial charge in [-0.2, -0.15) is 0 Å². The number of thioether (sulfide) groups is 1. The second kappa shape index (κ2) is 8.66. The lowest BCUT2D eigenvalue weighted by molar-refractivity contribution is 0.182. The van der Waals surface area contributed by atoms with Crippen LogP contribution in [0.5, 0.6) is 5.75 Å². The third kappa shape index (κ3) is 4.12. The van der Waals surface area contributed by atoms with Crippen LogP contribution in [0, 0.1) is 0 Å². The lowest BCUT2D eigenvalue weighted by Crippen LogP contribution is -2.44. The molecule has 1 aromatic heterocycles. The summed E-state index contributed by atoms with van der Waals surface area (Å²) in [5, 5.41) is 3.06. The van der Waals surface area contributed by atoms with Crippen LogP contribution >= 0.6 is 11.8 Å². The van der Waals surface area contributed by atoms with E-state index in [9.17, 15) is 4.79 Å². The fourth-order valence-corrected chi connectivity index (χ4v) is 4.14. The predicted molar refractivity (Wildman–Crippen MR) is 118 cm³/mol. The molecule has 0 fully saturated rings. The summed E-state index contributed by atoms with van der Waals surface area (Å²) in [7, 11) is 0. The molecular formula is C23H25N3O2S. The van der Waals surface area contributed by atoms with Gasteiger partial charge in [-0.3, -0.25) is 0 Å². The van der Waals surface area contributed by atoms with E-state index in [-0.39, 0.29) is 12.1 Å². The minimum Gasteiger partial charge on any atom is -0.494 e. The maximum atomic E-state index is 13.2. The summed E-state index contributed by atoms with van der Waals surface area (Å²) in [5.74, 6) is 0.840. The summed E-state index contributed by atoms with van der Waals surface area (Å²) in [6.45, 7) is 4.04. The van der Waals surface area contributed by atoms with E-state index in [1.807, 2.05) is 72.7 Å². The Balaban J connectivity index is 1.61. The van der Waals surface area contributed by atoms with Gasteiger partial charge < -0.3 is 19.5 Å². The Kier molecular flexibility index (Phi) is 5.81. The van der Waals surface area contributed by atoms with E-state index in [1.54, 1.807) is 11.8 Å². The fourth-order valence-electron chi connectivity index (χ4n) is 3.74. The summed E-state index contributed by atoms with van der Waals surface area (Å²) in [6, 6.07) is 19.9. The summed E-state index contributed by atoms with van der Waals surface area (Å²) in [5.41, 5.74) is 2.99. The first-order chi connectivity index (χ1) is 14.2. The molecule has 0 saturated carbocycles. The van der Waals surface area contributed by atoms with E-state index >= 15 is 0 Å². The third-order valence-electron chi connectivity index (χ3n) is 5.15. The molecule has 2 heterocycles. The average molecular weight is 408 g/mol. The van der Waals surface area contributed by atoms with Crippen molar-refractivity contribution in [3.8, 4) is 5.75 Å². The number of amides is 2. The maximum absolute atomic E-state index is 13.2. The molecule has 3 aromatic rings. The molecule has 0 radical (unpaired) electrons. The van der Waals surface area contributed by atoms with Gasteiger partial charge in [-0.1, -0.05) is 12.1 Å². The standard InChI is InChI=1S/C23H25N3O2S/c1-3-28-19-10-6-17(7-11-19)22-21-5-4-14-25(21)15-16-26(22)23(27)24-18-8-12-20(29-2)13-9-18/h4-14,22H,3,15-16H2,1-2H3,(H,24,27)/t22-/m0/s1. The molecule has 0 bridgehead atoms. The Morgan fingerprint density at radius 3 is 2.55 bits per heavy atom. The minimum absolute atomic E-state index is 0.0896. The van der Waals surface area contributed by atoms with Crippen LogP contribution in [0.2, 0.25) is 0 Å². The predicted octanol–water partition coefficient (Wildman–Crippen LogP) is 5.25. The van der Waals surface area contributed by atoms with E-state index < -0.39 is 0 Å². The summed E-state index contributed by atoms with van der Waals surface area (Å²) in [4.78, 5) is 16.3. The second-order valence-electron chi connectivity index (χ2n) is 6.88. The largest absolute Gasteiger partial charge is 0.494 e. The molecule has 0 unspecified atom stereocenters. The number of benzene rings is 2. The normalized spacial score (nSPS) is 15.7. The van der Waals surface area contributed by atoms with Gasteiger partial charge in [0.1, 0.15) is 5.75 Å². The SMILES string of the molecule is CCOc1ccc([C@H]2c3cccn3CCN2C(=O)Nc2ccc(SC)cc2)cc1. The van der Waals surface area contributed by atoms with Gasteiger partial charge in [0.2, 0.25) is 0 Å². The summed E-state index contributed by atoms with van der Waals surface area (Å²) < 4.78 is 7.80. The highest BCUT2D eigenvalue weighted by atomic mass is 32.2. The molecule has 6 heteroatoms. The number of hydrogen-bond acceptors (Lipinski definition) is 3. The molecule has 150 valence electrons. The van der Waals surface area contributed by atoms with Crippen molar-refractivity contribution < 1.29 is 9.53 Å². The number of carbonyl (C=O) groups excluding carboxylic acids is 1. The van der Waals surface area contributed by atoms with E-state index in [1.165, 1.54) is 4.90 Å². The fraction of sp³-hybridized carbons (Fsp3) is 0.261. The molecule has 5 nitrogen and oxygen atoms in total. The van der Waals surface area contributed by atoms with E-state index in [4.69, 9.17) is 4.74 Å². The van der Waals surface area contributed by atoms with Gasteiger partial charge in [0, 0.05) is 35.6 Å². The average Bonchev–Trinajstić information content (AvgIpc) is 3.23. The van der Waals surface area contributed by atoms with Crippen LogP contribution < -0.4 is 10.1 Å². The maximum Gasteiger partial charge on any atom is 0.322 e.